The zero-order chi connectivity index (χ0) is 4.28. The summed E-state index contributed by atoms with van der Waals surface area (Å²) in [5.41, 5.74) is 0. The summed E-state index contributed by atoms with van der Waals surface area (Å²) in [4.78, 5) is 0. The van der Waals surface area contributed by atoms with E-state index >= 15 is 0 Å². The predicted molar refractivity (Wildman–Crippen MR) is 19.1 cm³/mol. The fraction of sp³-hybridized carbons (Fsp3) is 0. The molecule has 0 amide bonds. The van der Waals surface area contributed by atoms with Gasteiger partial charge in [-0.3, -0.25) is 0 Å². The molecular formula is C2H2O2S. The molecule has 0 bridgehead atoms. The van der Waals surface area contributed by atoms with Crippen LogP contribution in [0.25, 0.3) is 0 Å². The second-order valence-electron chi connectivity index (χ2n) is 0.386. The molecule has 0 aliphatic carbocycles. The zero-order valence-corrected chi connectivity index (χ0v) is 3.24. The maximum Gasteiger partial charge on any atom is 0.206 e. The molecule has 0 unspecified atom stereocenters. The van der Waals surface area contributed by atoms with Gasteiger partial charge in [0.1, 0.15) is 0 Å². The average Bonchev–Trinajstić information content (AvgIpc) is 1.38. The van der Waals surface area contributed by atoms with E-state index in [1.54, 1.807) is 0 Å². The number of hydrogen-bond acceptors (Lipinski definition) is 2. The van der Waals surface area contributed by atoms with E-state index in [-0.39, 0.29) is 0 Å². The first-order valence-electron chi connectivity index (χ1n) is 0.877. The van der Waals surface area contributed by atoms with Crippen molar-refractivity contribution in [2.75, 3.05) is 0 Å². The number of hydrogen-bond donors (Lipinski definition) is 1. The normalized spacial score (nSPS) is 7.20. The minimum atomic E-state index is -2.57. The van der Waals surface area contributed by atoms with Crippen LogP contribution in [-0.2, 0) is 10.7 Å². The molecule has 0 rings (SSSR count). The zero-order valence-electron chi connectivity index (χ0n) is 2.34. The quantitative estimate of drug-likeness (QED) is 0.312. The Balaban J connectivity index is 3.88. The van der Waals surface area contributed by atoms with Gasteiger partial charge in [-0.2, -0.15) is 0 Å². The van der Waals surface area contributed by atoms with Crippen LogP contribution in [0.3, 0.4) is 0 Å². The molecule has 0 heterocycles. The van der Waals surface area contributed by atoms with Crippen LogP contribution >= 0.6 is 0 Å². The Morgan fingerprint density at radius 2 is 1.80 bits per heavy atom. The highest BCUT2D eigenvalue weighted by molar-refractivity contribution is 7.77. The summed E-state index contributed by atoms with van der Waals surface area (Å²) in [6, 6.07) is 0. The minimum Gasteiger partial charge on any atom is -0.218 e. The third kappa shape index (κ3) is 3.51. The maximum atomic E-state index is 9.17. The summed E-state index contributed by atoms with van der Waals surface area (Å²) in [7, 11) is -2.57. The Morgan fingerprint density at radius 1 is 1.60 bits per heavy atom. The van der Waals surface area contributed by atoms with Gasteiger partial charge in [-0.1, -0.05) is 0 Å². The third-order valence-corrected chi connectivity index (χ3v) is 0.316. The SMILES string of the molecule is C#C[SH](=O)=O. The van der Waals surface area contributed by atoms with Gasteiger partial charge in [-0.25, -0.2) is 8.42 Å². The summed E-state index contributed by atoms with van der Waals surface area (Å²) in [6.45, 7) is 0. The molecule has 5 heavy (non-hydrogen) atoms. The van der Waals surface area contributed by atoms with Crippen molar-refractivity contribution in [1.82, 2.24) is 0 Å². The van der Waals surface area contributed by atoms with E-state index in [4.69, 9.17) is 8.42 Å². The number of thiol groups is 1. The highest BCUT2D eigenvalue weighted by Gasteiger charge is 1.54. The van der Waals surface area contributed by atoms with Gasteiger partial charge in [-0.15, -0.1) is 6.42 Å². The monoisotopic (exact) mass is 90.0 g/mol. The molecule has 0 aromatic heterocycles. The Labute approximate surface area is 31.8 Å². The summed E-state index contributed by atoms with van der Waals surface area (Å²) in [6.07, 6.45) is 4.33. The van der Waals surface area contributed by atoms with Crippen molar-refractivity contribution in [3.05, 3.63) is 0 Å². The van der Waals surface area contributed by atoms with Crippen molar-refractivity contribution in [3.8, 4) is 11.7 Å². The fourth-order valence-electron chi connectivity index (χ4n) is 0. The van der Waals surface area contributed by atoms with E-state index in [2.05, 4.69) is 6.42 Å². The molecule has 0 spiro atoms. The van der Waals surface area contributed by atoms with E-state index in [9.17, 15) is 0 Å². The van der Waals surface area contributed by atoms with Gasteiger partial charge in [0.05, 0.1) is 0 Å². The molecule has 0 saturated carbocycles. The molecule has 0 aliphatic heterocycles. The highest BCUT2D eigenvalue weighted by Crippen LogP contribution is 1.42. The van der Waals surface area contributed by atoms with Crippen molar-refractivity contribution >= 4 is 10.7 Å². The molecule has 0 N–H and O–H groups in total. The molecule has 0 radical (unpaired) electrons. The molecule has 0 aliphatic rings. The van der Waals surface area contributed by atoms with Gasteiger partial charge < -0.3 is 0 Å². The van der Waals surface area contributed by atoms with Crippen molar-refractivity contribution in [2.45, 2.75) is 0 Å². The van der Waals surface area contributed by atoms with Gasteiger partial charge in [0.2, 0.25) is 10.7 Å². The van der Waals surface area contributed by atoms with Crippen LogP contribution in [-0.4, -0.2) is 8.42 Å². The lowest BCUT2D eigenvalue weighted by Gasteiger charge is -1.44. The van der Waals surface area contributed by atoms with Crippen LogP contribution in [0.2, 0.25) is 0 Å². The van der Waals surface area contributed by atoms with Crippen LogP contribution in [0.1, 0.15) is 0 Å². The van der Waals surface area contributed by atoms with Crippen molar-refractivity contribution in [1.29, 1.82) is 0 Å². The van der Waals surface area contributed by atoms with E-state index in [0.717, 1.165) is 0 Å². The second-order valence-corrected chi connectivity index (χ2v) is 1.16. The molecule has 0 aromatic carbocycles. The maximum absolute atomic E-state index is 9.17. The first kappa shape index (κ1) is 4.51. The largest absolute Gasteiger partial charge is 0.218 e. The first-order valence-corrected chi connectivity index (χ1v) is 2.05. The lowest BCUT2D eigenvalue weighted by atomic mass is 11.4. The molecule has 0 atom stereocenters. The van der Waals surface area contributed by atoms with Gasteiger partial charge >= 0.3 is 0 Å². The average molecular weight is 90.1 g/mol. The lowest BCUT2D eigenvalue weighted by molar-refractivity contribution is 0.623. The fourth-order valence-corrected chi connectivity index (χ4v) is 0. The molecule has 3 heteroatoms. The van der Waals surface area contributed by atoms with E-state index in [1.165, 1.54) is 5.25 Å². The van der Waals surface area contributed by atoms with E-state index in [1.807, 2.05) is 0 Å². The van der Waals surface area contributed by atoms with E-state index < -0.39 is 10.7 Å². The number of rotatable bonds is 0. The van der Waals surface area contributed by atoms with Gasteiger partial charge in [-0.05, 0) is 0 Å². The second kappa shape index (κ2) is 1.79. The summed E-state index contributed by atoms with van der Waals surface area (Å²) in [5, 5.41) is 1.48. The summed E-state index contributed by atoms with van der Waals surface area (Å²) < 4.78 is 18.3. The molecule has 0 saturated heterocycles. The Bertz CT molecular complexity index is 108. The number of terminal acetylenes is 1. The summed E-state index contributed by atoms with van der Waals surface area (Å²) in [5.74, 6) is 0. The Kier molecular flexibility index (Phi) is 1.62. The van der Waals surface area contributed by atoms with Crippen LogP contribution in [0.4, 0.5) is 0 Å². The van der Waals surface area contributed by atoms with Crippen LogP contribution in [0, 0.1) is 11.7 Å². The van der Waals surface area contributed by atoms with E-state index in [0.29, 0.717) is 0 Å². The Hall–Kier alpha value is -0.490. The van der Waals surface area contributed by atoms with Gasteiger partial charge in [0.25, 0.3) is 0 Å². The minimum absolute atomic E-state index is 1.48. The molecule has 0 aromatic rings. The topological polar surface area (TPSA) is 34.1 Å². The van der Waals surface area contributed by atoms with Crippen molar-refractivity contribution in [3.63, 3.8) is 0 Å². The molecule has 0 fully saturated rings. The van der Waals surface area contributed by atoms with Crippen molar-refractivity contribution in [2.24, 2.45) is 0 Å². The van der Waals surface area contributed by atoms with Crippen LogP contribution in [0.15, 0.2) is 0 Å². The predicted octanol–water partition coefficient (Wildman–Crippen LogP) is -0.811. The smallest absolute Gasteiger partial charge is 0.206 e. The highest BCUT2D eigenvalue weighted by atomic mass is 32.2. The third-order valence-electron chi connectivity index (χ3n) is 0.105. The summed E-state index contributed by atoms with van der Waals surface area (Å²) >= 11 is 0. The standard InChI is InChI=1S/C2H2O2S/c1-2-5(3)4/h1,5H. The van der Waals surface area contributed by atoms with Gasteiger partial charge in [0.15, 0.2) is 0 Å². The molecular weight excluding hydrogens is 88.1 g/mol. The van der Waals surface area contributed by atoms with Crippen molar-refractivity contribution < 1.29 is 8.42 Å². The van der Waals surface area contributed by atoms with Crippen LogP contribution < -0.4 is 0 Å². The molecule has 28 valence electrons. The Morgan fingerprint density at radius 3 is 1.80 bits per heavy atom. The van der Waals surface area contributed by atoms with Gasteiger partial charge in [0, 0.05) is 5.25 Å². The first-order chi connectivity index (χ1) is 2.27. The van der Waals surface area contributed by atoms with Crippen LogP contribution in [0.5, 0.6) is 0 Å². The lowest BCUT2D eigenvalue weighted by Crippen LogP contribution is -1.56. The molecule has 2 nitrogen and oxygen atoms in total.